The van der Waals surface area contributed by atoms with Gasteiger partial charge >= 0.3 is 0 Å². The number of rotatable bonds is 5. The summed E-state index contributed by atoms with van der Waals surface area (Å²) in [6.07, 6.45) is 0.0954. The average Bonchev–Trinajstić information content (AvgIpc) is 3.36. The van der Waals surface area contributed by atoms with Crippen molar-refractivity contribution in [2.75, 3.05) is 10.3 Å². The topological polar surface area (TPSA) is 101 Å². The first-order valence-corrected chi connectivity index (χ1v) is 9.63. The number of benzene rings is 2. The lowest BCUT2D eigenvalue weighted by molar-refractivity contribution is -0.119. The van der Waals surface area contributed by atoms with Gasteiger partial charge in [0.05, 0.1) is 11.4 Å². The Kier molecular flexibility index (Phi) is 5.05. The highest BCUT2D eigenvalue weighted by Gasteiger charge is 2.35. The van der Waals surface area contributed by atoms with E-state index in [9.17, 15) is 14.0 Å². The fraction of sp³-hybridized carbons (Fsp3) is 0.100. The number of para-hydroxylation sites is 1. The minimum Gasteiger partial charge on any atom is -0.368 e. The van der Waals surface area contributed by atoms with Crippen molar-refractivity contribution in [3.63, 3.8) is 0 Å². The highest BCUT2D eigenvalue weighted by Crippen LogP contribution is 2.27. The van der Waals surface area contributed by atoms with Crippen LogP contribution in [0.1, 0.15) is 6.42 Å². The van der Waals surface area contributed by atoms with Gasteiger partial charge in [0.25, 0.3) is 5.91 Å². The second kappa shape index (κ2) is 7.80. The number of carbonyl (C=O) groups excluding carboxylic acids is 2. The number of thiazole rings is 1. The zero-order valence-electron chi connectivity index (χ0n) is 15.1. The van der Waals surface area contributed by atoms with Crippen LogP contribution >= 0.6 is 11.3 Å². The molecule has 1 aliphatic heterocycles. The van der Waals surface area contributed by atoms with Crippen LogP contribution in [-0.4, -0.2) is 28.6 Å². The maximum absolute atomic E-state index is 13.4. The van der Waals surface area contributed by atoms with Crippen molar-refractivity contribution in [2.45, 2.75) is 12.5 Å². The second-order valence-corrected chi connectivity index (χ2v) is 7.21. The Morgan fingerprint density at radius 3 is 2.69 bits per heavy atom. The number of amides is 2. The lowest BCUT2D eigenvalue weighted by Gasteiger charge is -2.20. The van der Waals surface area contributed by atoms with E-state index in [4.69, 9.17) is 5.73 Å². The first-order valence-electron chi connectivity index (χ1n) is 8.75. The Morgan fingerprint density at radius 2 is 1.97 bits per heavy atom. The Morgan fingerprint density at radius 1 is 1.17 bits per heavy atom. The Hall–Kier alpha value is -3.59. The van der Waals surface area contributed by atoms with Gasteiger partial charge < -0.3 is 5.73 Å². The van der Waals surface area contributed by atoms with Crippen LogP contribution in [0.2, 0.25) is 0 Å². The molecule has 9 heteroatoms. The normalized spacial score (nSPS) is 15.8. The number of hydrogen-bond acceptors (Lipinski definition) is 6. The van der Waals surface area contributed by atoms with E-state index in [1.54, 1.807) is 29.6 Å². The van der Waals surface area contributed by atoms with Gasteiger partial charge in [0, 0.05) is 17.4 Å². The molecule has 1 unspecified atom stereocenters. The van der Waals surface area contributed by atoms with E-state index in [0.717, 1.165) is 0 Å². The molecule has 0 bridgehead atoms. The summed E-state index contributed by atoms with van der Waals surface area (Å²) >= 11 is 1.22. The number of hydrogen-bond donors (Lipinski definition) is 2. The average molecular weight is 409 g/mol. The number of nitrogens with one attached hydrogen (secondary N) is 1. The quantitative estimate of drug-likeness (QED) is 0.676. The number of carbonyl (C=O) groups is 2. The van der Waals surface area contributed by atoms with Gasteiger partial charge in [0.2, 0.25) is 5.91 Å². The van der Waals surface area contributed by atoms with Gasteiger partial charge in [-0.3, -0.25) is 19.9 Å². The highest BCUT2D eigenvalue weighted by molar-refractivity contribution is 7.14. The summed E-state index contributed by atoms with van der Waals surface area (Å²) in [4.78, 5) is 28.8. The SMILES string of the molecule is NC(=O)C1CC(C(=O)Nc2nc(-c3cccc(F)c3)cs2)=NN1c1ccccc1. The van der Waals surface area contributed by atoms with Gasteiger partial charge in [-0.15, -0.1) is 11.3 Å². The van der Waals surface area contributed by atoms with Gasteiger partial charge in [0.1, 0.15) is 17.6 Å². The van der Waals surface area contributed by atoms with Crippen LogP contribution in [0, 0.1) is 5.82 Å². The van der Waals surface area contributed by atoms with Gasteiger partial charge in [-0.2, -0.15) is 5.10 Å². The first kappa shape index (κ1) is 18.8. The zero-order chi connectivity index (χ0) is 20.4. The van der Waals surface area contributed by atoms with Crippen molar-refractivity contribution >= 4 is 39.7 Å². The lowest BCUT2D eigenvalue weighted by atomic mass is 10.1. The molecule has 3 aromatic rings. The fourth-order valence-electron chi connectivity index (χ4n) is 2.97. The molecule has 29 heavy (non-hydrogen) atoms. The standard InChI is InChI=1S/C20H16FN5O2S/c21-13-6-4-5-12(9-13)16-11-29-20(23-16)24-19(28)15-10-17(18(22)27)26(25-15)14-7-2-1-3-8-14/h1-9,11,17H,10H2,(H2,22,27)(H,23,24,28). The predicted molar refractivity (Wildman–Crippen MR) is 110 cm³/mol. The molecule has 2 heterocycles. The number of hydrazone groups is 1. The zero-order valence-corrected chi connectivity index (χ0v) is 15.9. The Balaban J connectivity index is 1.52. The number of halogens is 1. The molecule has 2 amide bonds. The van der Waals surface area contributed by atoms with E-state index in [1.807, 2.05) is 18.2 Å². The Labute approximate surface area is 169 Å². The number of primary amides is 1. The molecule has 2 aromatic carbocycles. The van der Waals surface area contributed by atoms with E-state index < -0.39 is 17.9 Å². The molecule has 0 radical (unpaired) electrons. The summed E-state index contributed by atoms with van der Waals surface area (Å²) in [6.45, 7) is 0. The summed E-state index contributed by atoms with van der Waals surface area (Å²) in [5.74, 6) is -1.39. The molecule has 1 aromatic heterocycles. The van der Waals surface area contributed by atoms with Crippen LogP contribution in [0.25, 0.3) is 11.3 Å². The fourth-order valence-corrected chi connectivity index (χ4v) is 3.68. The predicted octanol–water partition coefficient (Wildman–Crippen LogP) is 3.01. The number of nitrogens with two attached hydrogens (primary N) is 1. The lowest BCUT2D eigenvalue weighted by Crippen LogP contribution is -2.39. The summed E-state index contributed by atoms with van der Waals surface area (Å²) in [5.41, 5.74) is 7.51. The molecular weight excluding hydrogens is 393 g/mol. The van der Waals surface area contributed by atoms with Crippen molar-refractivity contribution in [2.24, 2.45) is 10.8 Å². The molecule has 1 atom stereocenters. The molecule has 0 saturated carbocycles. The third-order valence-corrected chi connectivity index (χ3v) is 5.12. The maximum Gasteiger partial charge on any atom is 0.273 e. The summed E-state index contributed by atoms with van der Waals surface area (Å²) in [6, 6.07) is 14.3. The molecule has 7 nitrogen and oxygen atoms in total. The van der Waals surface area contributed by atoms with Crippen LogP contribution in [0.4, 0.5) is 15.2 Å². The van der Waals surface area contributed by atoms with Gasteiger partial charge in [-0.1, -0.05) is 30.3 Å². The smallest absolute Gasteiger partial charge is 0.273 e. The number of nitrogens with zero attached hydrogens (tertiary/aromatic N) is 3. The first-order chi connectivity index (χ1) is 14.0. The van der Waals surface area contributed by atoms with Crippen LogP contribution in [0.15, 0.2) is 65.1 Å². The summed E-state index contributed by atoms with van der Waals surface area (Å²) in [7, 11) is 0. The monoisotopic (exact) mass is 409 g/mol. The molecule has 146 valence electrons. The molecule has 3 N–H and O–H groups in total. The molecule has 0 spiro atoms. The maximum atomic E-state index is 13.4. The second-order valence-electron chi connectivity index (χ2n) is 6.35. The molecular formula is C20H16FN5O2S. The van der Waals surface area contributed by atoms with Gasteiger partial charge in [0.15, 0.2) is 5.13 Å². The van der Waals surface area contributed by atoms with Crippen LogP contribution < -0.4 is 16.1 Å². The number of anilines is 2. The molecule has 4 rings (SSSR count). The van der Waals surface area contributed by atoms with E-state index in [1.165, 1.54) is 28.5 Å². The van der Waals surface area contributed by atoms with Crippen LogP contribution in [0.3, 0.4) is 0 Å². The largest absolute Gasteiger partial charge is 0.368 e. The minimum atomic E-state index is -0.739. The van der Waals surface area contributed by atoms with Gasteiger partial charge in [-0.05, 0) is 24.3 Å². The van der Waals surface area contributed by atoms with Crippen molar-refractivity contribution in [3.05, 3.63) is 65.8 Å². The van der Waals surface area contributed by atoms with E-state index in [0.29, 0.717) is 22.1 Å². The van der Waals surface area contributed by atoms with Crippen molar-refractivity contribution in [1.29, 1.82) is 0 Å². The minimum absolute atomic E-state index is 0.0954. The third-order valence-electron chi connectivity index (χ3n) is 4.37. The van der Waals surface area contributed by atoms with Gasteiger partial charge in [-0.25, -0.2) is 9.37 Å². The number of aromatic nitrogens is 1. The summed E-state index contributed by atoms with van der Waals surface area (Å²) in [5, 5.41) is 10.5. The van der Waals surface area contributed by atoms with Crippen molar-refractivity contribution in [3.8, 4) is 11.3 Å². The molecule has 1 aliphatic rings. The van der Waals surface area contributed by atoms with E-state index in [-0.39, 0.29) is 17.9 Å². The molecule has 0 aliphatic carbocycles. The highest BCUT2D eigenvalue weighted by atomic mass is 32.1. The third kappa shape index (κ3) is 3.99. The molecule has 0 saturated heterocycles. The van der Waals surface area contributed by atoms with E-state index >= 15 is 0 Å². The van der Waals surface area contributed by atoms with Crippen LogP contribution in [0.5, 0.6) is 0 Å². The Bertz CT molecular complexity index is 1100. The van der Waals surface area contributed by atoms with Crippen molar-refractivity contribution < 1.29 is 14.0 Å². The summed E-state index contributed by atoms with van der Waals surface area (Å²) < 4.78 is 13.4. The van der Waals surface area contributed by atoms with Crippen LogP contribution in [-0.2, 0) is 9.59 Å². The van der Waals surface area contributed by atoms with E-state index in [2.05, 4.69) is 15.4 Å². The van der Waals surface area contributed by atoms with Crippen molar-refractivity contribution in [1.82, 2.24) is 4.98 Å². The molecule has 0 fully saturated rings.